The Bertz CT molecular complexity index is 1380. The Morgan fingerprint density at radius 3 is 2.46 bits per heavy atom. The summed E-state index contributed by atoms with van der Waals surface area (Å²) in [6, 6.07) is 18.2. The number of fused-ring (bicyclic) bond motifs is 2. The molecular formula is C27H27ClN4O5. The number of likely N-dealkylation sites (N-methyl/N-ethyl adjacent to an activating group) is 1. The number of benzene rings is 2. The highest BCUT2D eigenvalue weighted by molar-refractivity contribution is 6.33. The minimum absolute atomic E-state index is 0.241. The van der Waals surface area contributed by atoms with Gasteiger partial charge in [0.05, 0.1) is 29.4 Å². The smallest absolute Gasteiger partial charge is 0.296 e. The summed E-state index contributed by atoms with van der Waals surface area (Å²) in [5.41, 5.74) is 4.85. The monoisotopic (exact) mass is 522 g/mol. The first-order valence-electron chi connectivity index (χ1n) is 12.2. The molecule has 0 unspecified atom stereocenters. The number of hydrogen-bond donors (Lipinski definition) is 3. The molecule has 2 saturated heterocycles. The Morgan fingerprint density at radius 2 is 1.70 bits per heavy atom. The lowest BCUT2D eigenvalue weighted by molar-refractivity contribution is 0.00706. The number of aromatic nitrogens is 3. The number of pyridine rings is 1. The molecule has 37 heavy (non-hydrogen) atoms. The number of nitrogens with one attached hydrogen (secondary N) is 2. The zero-order chi connectivity index (χ0) is 25.4. The van der Waals surface area contributed by atoms with Crippen LogP contribution in [0.25, 0.3) is 33.5 Å². The predicted octanol–water partition coefficient (Wildman–Crippen LogP) is 3.45. The van der Waals surface area contributed by atoms with Crippen molar-refractivity contribution in [2.24, 2.45) is 0 Å². The second kappa shape index (κ2) is 10.3. The van der Waals surface area contributed by atoms with Crippen molar-refractivity contribution in [2.45, 2.75) is 24.4 Å². The van der Waals surface area contributed by atoms with Crippen molar-refractivity contribution in [2.75, 3.05) is 33.4 Å². The largest absolute Gasteiger partial charge is 0.492 e. The molecular weight excluding hydrogens is 496 g/mol. The lowest BCUT2D eigenvalue weighted by Crippen LogP contribution is -2.34. The lowest BCUT2D eigenvalue weighted by atomic mass is 10.0. The maximum atomic E-state index is 9.94. The van der Waals surface area contributed by atoms with Crippen molar-refractivity contribution < 1.29 is 24.1 Å². The van der Waals surface area contributed by atoms with E-state index in [4.69, 9.17) is 30.5 Å². The van der Waals surface area contributed by atoms with Gasteiger partial charge in [-0.2, -0.15) is 4.98 Å². The van der Waals surface area contributed by atoms with Gasteiger partial charge in [0.1, 0.15) is 30.7 Å². The third kappa shape index (κ3) is 4.88. The van der Waals surface area contributed by atoms with Crippen LogP contribution >= 0.6 is 11.6 Å². The van der Waals surface area contributed by atoms with E-state index in [1.165, 1.54) is 0 Å². The summed E-state index contributed by atoms with van der Waals surface area (Å²) in [4.78, 5) is 12.3. The second-order valence-corrected chi connectivity index (χ2v) is 9.51. The van der Waals surface area contributed by atoms with Crippen molar-refractivity contribution in [1.82, 2.24) is 20.3 Å². The van der Waals surface area contributed by atoms with Gasteiger partial charge in [0.25, 0.3) is 6.01 Å². The van der Waals surface area contributed by atoms with E-state index in [-0.39, 0.29) is 24.9 Å². The fourth-order valence-electron chi connectivity index (χ4n) is 4.68. The molecule has 4 atom stereocenters. The first-order chi connectivity index (χ1) is 18.1. The van der Waals surface area contributed by atoms with Gasteiger partial charge in [-0.15, -0.1) is 0 Å². The molecule has 0 saturated carbocycles. The van der Waals surface area contributed by atoms with Gasteiger partial charge in [-0.25, -0.2) is 4.98 Å². The molecule has 2 fully saturated rings. The lowest BCUT2D eigenvalue weighted by Gasteiger charge is -2.15. The summed E-state index contributed by atoms with van der Waals surface area (Å²) in [5.74, 6) is 0.843. The van der Waals surface area contributed by atoms with Crippen LogP contribution in [0.2, 0.25) is 5.02 Å². The van der Waals surface area contributed by atoms with Crippen molar-refractivity contribution in [3.63, 3.8) is 0 Å². The van der Waals surface area contributed by atoms with Crippen LogP contribution in [0.4, 0.5) is 0 Å². The molecule has 0 radical (unpaired) electrons. The Hall–Kier alpha value is -3.21. The highest BCUT2D eigenvalue weighted by Gasteiger charge is 2.48. The second-order valence-electron chi connectivity index (χ2n) is 9.11. The number of rotatable bonds is 8. The molecule has 2 aromatic heterocycles. The van der Waals surface area contributed by atoms with Crippen molar-refractivity contribution in [3.05, 3.63) is 59.6 Å². The van der Waals surface area contributed by atoms with Crippen LogP contribution in [-0.2, 0) is 9.47 Å². The Kier molecular flexibility index (Phi) is 6.71. The van der Waals surface area contributed by atoms with Crippen LogP contribution in [0.3, 0.4) is 0 Å². The van der Waals surface area contributed by atoms with Gasteiger partial charge < -0.3 is 34.4 Å². The molecule has 9 nitrogen and oxygen atoms in total. The van der Waals surface area contributed by atoms with E-state index in [0.29, 0.717) is 41.1 Å². The van der Waals surface area contributed by atoms with Crippen LogP contribution in [-0.4, -0.2) is 77.9 Å². The molecule has 0 amide bonds. The zero-order valence-electron chi connectivity index (χ0n) is 20.2. The van der Waals surface area contributed by atoms with Crippen molar-refractivity contribution in [3.8, 4) is 34.1 Å². The third-order valence-corrected chi connectivity index (χ3v) is 6.90. The van der Waals surface area contributed by atoms with Gasteiger partial charge in [-0.05, 0) is 36.4 Å². The van der Waals surface area contributed by atoms with Crippen molar-refractivity contribution >= 4 is 22.8 Å². The SMILES string of the molecule is CNCCOc1ccc(-c2ccc(-c3nc4nc(O[C@H]5CO[C@@H]6[C@H]5OC[C@@H]6O)[nH]c4cc3Cl)cc2)cc1. The van der Waals surface area contributed by atoms with E-state index < -0.39 is 6.10 Å². The number of nitrogens with zero attached hydrogens (tertiary/aromatic N) is 2. The molecule has 2 aliphatic rings. The summed E-state index contributed by atoms with van der Waals surface area (Å²) >= 11 is 6.60. The van der Waals surface area contributed by atoms with E-state index in [9.17, 15) is 5.11 Å². The van der Waals surface area contributed by atoms with E-state index in [1.807, 2.05) is 55.6 Å². The van der Waals surface area contributed by atoms with E-state index in [1.54, 1.807) is 6.07 Å². The van der Waals surface area contributed by atoms with E-state index in [0.717, 1.165) is 29.0 Å². The third-order valence-electron chi connectivity index (χ3n) is 6.62. The van der Waals surface area contributed by atoms with Crippen LogP contribution in [0.1, 0.15) is 0 Å². The van der Waals surface area contributed by atoms with Crippen molar-refractivity contribution in [1.29, 1.82) is 0 Å². The minimum Gasteiger partial charge on any atom is -0.492 e. The summed E-state index contributed by atoms with van der Waals surface area (Å²) in [6.07, 6.45) is -1.69. The number of aliphatic hydroxyl groups excluding tert-OH is 1. The van der Waals surface area contributed by atoms with E-state index in [2.05, 4.69) is 20.3 Å². The molecule has 0 spiro atoms. The van der Waals surface area contributed by atoms with Crippen LogP contribution in [0.15, 0.2) is 54.6 Å². The van der Waals surface area contributed by atoms with Crippen LogP contribution < -0.4 is 14.8 Å². The molecule has 10 heteroatoms. The Morgan fingerprint density at radius 1 is 1.00 bits per heavy atom. The first kappa shape index (κ1) is 24.1. The van der Waals surface area contributed by atoms with Crippen LogP contribution in [0.5, 0.6) is 11.8 Å². The summed E-state index contributed by atoms with van der Waals surface area (Å²) in [7, 11) is 1.90. The molecule has 6 rings (SSSR count). The predicted molar refractivity (Wildman–Crippen MR) is 139 cm³/mol. The number of hydrogen-bond acceptors (Lipinski definition) is 8. The number of imidazole rings is 1. The minimum atomic E-state index is -0.634. The average molecular weight is 523 g/mol. The number of ether oxygens (including phenoxy) is 4. The van der Waals surface area contributed by atoms with Crippen LogP contribution in [0, 0.1) is 0 Å². The highest BCUT2D eigenvalue weighted by Crippen LogP contribution is 2.33. The quantitative estimate of drug-likeness (QED) is 0.302. The normalized spacial score (nSPS) is 22.9. The molecule has 3 N–H and O–H groups in total. The van der Waals surface area contributed by atoms with Gasteiger partial charge in [0.15, 0.2) is 11.8 Å². The molecule has 2 aliphatic heterocycles. The molecule has 2 aromatic carbocycles. The van der Waals surface area contributed by atoms with Gasteiger partial charge in [0.2, 0.25) is 0 Å². The molecule has 4 aromatic rings. The fourth-order valence-corrected chi connectivity index (χ4v) is 4.94. The van der Waals surface area contributed by atoms with E-state index >= 15 is 0 Å². The van der Waals surface area contributed by atoms with Gasteiger partial charge in [-0.1, -0.05) is 48.0 Å². The number of halogens is 1. The summed E-state index contributed by atoms with van der Waals surface area (Å²) in [5, 5.41) is 13.5. The molecule has 0 bridgehead atoms. The Balaban J connectivity index is 1.18. The first-order valence-corrected chi connectivity index (χ1v) is 12.6. The maximum absolute atomic E-state index is 9.94. The highest BCUT2D eigenvalue weighted by atomic mass is 35.5. The molecule has 192 valence electrons. The number of aliphatic hydroxyl groups is 1. The fraction of sp³-hybridized carbons (Fsp3) is 0.333. The van der Waals surface area contributed by atoms with Gasteiger partial charge >= 0.3 is 0 Å². The molecule has 4 heterocycles. The van der Waals surface area contributed by atoms with Gasteiger partial charge in [-0.3, -0.25) is 0 Å². The summed E-state index contributed by atoms with van der Waals surface area (Å²) < 4.78 is 22.9. The summed E-state index contributed by atoms with van der Waals surface area (Å²) in [6.45, 7) is 1.99. The average Bonchev–Trinajstić information content (AvgIpc) is 3.61. The zero-order valence-corrected chi connectivity index (χ0v) is 20.9. The standard InChI is InChI=1S/C27H27ClN4O5/c1-29-10-11-34-18-8-6-16(7-9-18)15-2-4-17(5-3-15)23-19(28)12-20-26(31-23)32-27(30-20)37-22-14-36-24-21(33)13-35-25(22)24/h2-9,12,21-22,24-25,29,33H,10-11,13-14H2,1H3,(H,30,31,32)/t21-,22-,24-,25-/m0/s1. The number of H-pyrrole nitrogens is 1. The number of aromatic amines is 1. The van der Waals surface area contributed by atoms with Gasteiger partial charge in [0, 0.05) is 12.1 Å². The Labute approximate surface area is 218 Å². The molecule has 0 aliphatic carbocycles. The topological polar surface area (TPSA) is 111 Å². The maximum Gasteiger partial charge on any atom is 0.296 e.